The third-order valence-electron chi connectivity index (χ3n) is 4.40. The molecular weight excluding hydrogens is 332 g/mol. The van der Waals surface area contributed by atoms with E-state index >= 15 is 0 Å². The number of benzene rings is 2. The number of aryl methyl sites for hydroxylation is 1. The molecule has 6 heteroatoms. The Balaban J connectivity index is 1.87. The number of methoxy groups -OCH3 is 1. The van der Waals surface area contributed by atoms with Gasteiger partial charge in [-0.25, -0.2) is 4.79 Å². The van der Waals surface area contributed by atoms with Crippen LogP contribution in [0.15, 0.2) is 42.5 Å². The van der Waals surface area contributed by atoms with E-state index in [2.05, 4.69) is 10.2 Å². The first-order valence-electron chi connectivity index (χ1n) is 8.52. The van der Waals surface area contributed by atoms with Crippen molar-refractivity contribution in [3.05, 3.63) is 59.2 Å². The third kappa shape index (κ3) is 3.86. The van der Waals surface area contributed by atoms with Gasteiger partial charge in [-0.1, -0.05) is 18.2 Å². The van der Waals surface area contributed by atoms with Gasteiger partial charge in [-0.2, -0.15) is 0 Å². The van der Waals surface area contributed by atoms with E-state index < -0.39 is 5.97 Å². The van der Waals surface area contributed by atoms with E-state index in [-0.39, 0.29) is 5.91 Å². The van der Waals surface area contributed by atoms with Crippen molar-refractivity contribution >= 4 is 23.3 Å². The molecule has 136 valence electrons. The number of ether oxygens (including phenoxy) is 2. The van der Waals surface area contributed by atoms with Crippen LogP contribution in [0.1, 0.15) is 26.3 Å². The maximum Gasteiger partial charge on any atom is 0.340 e. The maximum atomic E-state index is 12.5. The maximum absolute atomic E-state index is 12.5. The number of rotatable bonds is 4. The molecule has 6 nitrogen and oxygen atoms in total. The summed E-state index contributed by atoms with van der Waals surface area (Å²) in [6.45, 7) is 4.53. The van der Waals surface area contributed by atoms with Crippen LogP contribution in [0.25, 0.3) is 0 Å². The molecule has 3 rings (SSSR count). The van der Waals surface area contributed by atoms with Crippen LogP contribution in [0.3, 0.4) is 0 Å². The fourth-order valence-corrected chi connectivity index (χ4v) is 2.99. The number of carbonyl (C=O) groups is 2. The average molecular weight is 354 g/mol. The first kappa shape index (κ1) is 17.9. The van der Waals surface area contributed by atoms with Crippen LogP contribution in [0.2, 0.25) is 0 Å². The molecule has 0 saturated carbocycles. The lowest BCUT2D eigenvalue weighted by Crippen LogP contribution is -2.37. The summed E-state index contributed by atoms with van der Waals surface area (Å²) in [5, 5.41) is 2.86. The van der Waals surface area contributed by atoms with Crippen LogP contribution in [-0.4, -0.2) is 45.3 Å². The molecule has 1 aliphatic rings. The van der Waals surface area contributed by atoms with Gasteiger partial charge < -0.3 is 19.7 Å². The predicted octanol–water partition coefficient (Wildman–Crippen LogP) is 2.87. The minimum atomic E-state index is -0.432. The molecule has 1 aliphatic heterocycles. The molecule has 1 amide bonds. The Morgan fingerprint density at radius 3 is 2.50 bits per heavy atom. The summed E-state index contributed by atoms with van der Waals surface area (Å²) in [7, 11) is 1.35. The minimum absolute atomic E-state index is 0.210. The summed E-state index contributed by atoms with van der Waals surface area (Å²) in [6.07, 6.45) is 0. The topological polar surface area (TPSA) is 67.9 Å². The Bertz CT molecular complexity index is 813. The molecule has 0 aliphatic carbocycles. The lowest BCUT2D eigenvalue weighted by Gasteiger charge is -2.30. The van der Waals surface area contributed by atoms with Gasteiger partial charge in [-0.15, -0.1) is 0 Å². The van der Waals surface area contributed by atoms with Gasteiger partial charge >= 0.3 is 5.97 Å². The van der Waals surface area contributed by atoms with E-state index in [1.54, 1.807) is 18.2 Å². The largest absolute Gasteiger partial charge is 0.465 e. The lowest BCUT2D eigenvalue weighted by atomic mass is 10.1. The van der Waals surface area contributed by atoms with E-state index in [1.165, 1.54) is 7.11 Å². The SMILES string of the molecule is COC(=O)c1cc(NC(=O)c2ccccc2C)ccc1N1CCOCC1. The van der Waals surface area contributed by atoms with Gasteiger partial charge in [0.05, 0.1) is 31.6 Å². The highest BCUT2D eigenvalue weighted by Crippen LogP contribution is 2.26. The molecular formula is C20H22N2O4. The van der Waals surface area contributed by atoms with Gasteiger partial charge in [0.2, 0.25) is 0 Å². The van der Waals surface area contributed by atoms with Gasteiger partial charge in [0.15, 0.2) is 0 Å². The fourth-order valence-electron chi connectivity index (χ4n) is 2.99. The summed E-state index contributed by atoms with van der Waals surface area (Å²) in [6, 6.07) is 12.7. The number of anilines is 2. The van der Waals surface area contributed by atoms with E-state index in [9.17, 15) is 9.59 Å². The van der Waals surface area contributed by atoms with Crippen LogP contribution >= 0.6 is 0 Å². The van der Waals surface area contributed by atoms with Gasteiger partial charge in [-0.05, 0) is 36.8 Å². The van der Waals surface area contributed by atoms with Crippen molar-refractivity contribution in [2.24, 2.45) is 0 Å². The number of hydrogen-bond donors (Lipinski definition) is 1. The Morgan fingerprint density at radius 2 is 1.81 bits per heavy atom. The molecule has 1 heterocycles. The molecule has 0 atom stereocenters. The summed E-state index contributed by atoms with van der Waals surface area (Å²) in [5.74, 6) is -0.642. The Labute approximate surface area is 152 Å². The Kier molecular flexibility index (Phi) is 5.53. The fraction of sp³-hybridized carbons (Fsp3) is 0.300. The molecule has 0 radical (unpaired) electrons. The zero-order valence-corrected chi connectivity index (χ0v) is 15.0. The molecule has 1 N–H and O–H groups in total. The zero-order chi connectivity index (χ0) is 18.5. The summed E-state index contributed by atoms with van der Waals surface area (Å²) in [4.78, 5) is 26.9. The second-order valence-electron chi connectivity index (χ2n) is 6.09. The molecule has 0 aromatic heterocycles. The number of amides is 1. The van der Waals surface area contributed by atoms with Crippen LogP contribution in [0.5, 0.6) is 0 Å². The average Bonchev–Trinajstić information content (AvgIpc) is 2.68. The quantitative estimate of drug-likeness (QED) is 0.855. The normalized spacial score (nSPS) is 14.0. The first-order valence-corrected chi connectivity index (χ1v) is 8.52. The van der Waals surface area contributed by atoms with Crippen LogP contribution in [-0.2, 0) is 9.47 Å². The predicted molar refractivity (Wildman–Crippen MR) is 99.9 cm³/mol. The Morgan fingerprint density at radius 1 is 1.08 bits per heavy atom. The summed E-state index contributed by atoms with van der Waals surface area (Å²) < 4.78 is 10.3. The van der Waals surface area contributed by atoms with E-state index in [0.29, 0.717) is 43.1 Å². The van der Waals surface area contributed by atoms with E-state index in [0.717, 1.165) is 11.3 Å². The molecule has 0 unspecified atom stereocenters. The van der Waals surface area contributed by atoms with E-state index in [1.807, 2.05) is 31.2 Å². The van der Waals surface area contributed by atoms with Gasteiger partial charge in [0.25, 0.3) is 5.91 Å². The van der Waals surface area contributed by atoms with Crippen LogP contribution < -0.4 is 10.2 Å². The van der Waals surface area contributed by atoms with Crippen LogP contribution in [0, 0.1) is 6.92 Å². The minimum Gasteiger partial charge on any atom is -0.465 e. The van der Waals surface area contributed by atoms with Crippen molar-refractivity contribution in [2.75, 3.05) is 43.6 Å². The highest BCUT2D eigenvalue weighted by atomic mass is 16.5. The second-order valence-corrected chi connectivity index (χ2v) is 6.09. The molecule has 1 fully saturated rings. The standard InChI is InChI=1S/C20H22N2O4/c1-14-5-3-4-6-16(14)19(23)21-15-7-8-18(17(13-15)20(24)25-2)22-9-11-26-12-10-22/h3-8,13H,9-12H2,1-2H3,(H,21,23). The molecule has 26 heavy (non-hydrogen) atoms. The number of morpholine rings is 1. The van der Waals surface area contributed by atoms with Crippen molar-refractivity contribution in [3.8, 4) is 0 Å². The summed E-state index contributed by atoms with van der Waals surface area (Å²) >= 11 is 0. The highest BCUT2D eigenvalue weighted by Gasteiger charge is 2.20. The van der Waals surface area contributed by atoms with Gasteiger partial charge in [-0.3, -0.25) is 4.79 Å². The molecule has 0 spiro atoms. The van der Waals surface area contributed by atoms with Gasteiger partial charge in [0, 0.05) is 24.3 Å². The molecule has 2 aromatic carbocycles. The molecule has 1 saturated heterocycles. The number of nitrogens with zero attached hydrogens (tertiary/aromatic N) is 1. The zero-order valence-electron chi connectivity index (χ0n) is 15.0. The number of nitrogens with one attached hydrogen (secondary N) is 1. The van der Waals surface area contributed by atoms with Crippen molar-refractivity contribution in [1.82, 2.24) is 0 Å². The van der Waals surface area contributed by atoms with Crippen molar-refractivity contribution in [2.45, 2.75) is 6.92 Å². The summed E-state index contributed by atoms with van der Waals surface area (Å²) in [5.41, 5.74) is 3.26. The van der Waals surface area contributed by atoms with Crippen LogP contribution in [0.4, 0.5) is 11.4 Å². The van der Waals surface area contributed by atoms with Gasteiger partial charge in [0.1, 0.15) is 0 Å². The number of carbonyl (C=O) groups excluding carboxylic acids is 2. The van der Waals surface area contributed by atoms with Crippen molar-refractivity contribution in [3.63, 3.8) is 0 Å². The number of hydrogen-bond acceptors (Lipinski definition) is 5. The highest BCUT2D eigenvalue weighted by molar-refractivity contribution is 6.06. The Hall–Kier alpha value is -2.86. The van der Waals surface area contributed by atoms with Crippen molar-refractivity contribution in [1.29, 1.82) is 0 Å². The first-order chi connectivity index (χ1) is 12.6. The van der Waals surface area contributed by atoms with E-state index in [4.69, 9.17) is 9.47 Å². The monoisotopic (exact) mass is 354 g/mol. The molecule has 0 bridgehead atoms. The van der Waals surface area contributed by atoms with Crippen molar-refractivity contribution < 1.29 is 19.1 Å². The lowest BCUT2D eigenvalue weighted by molar-refractivity contribution is 0.0600. The molecule has 2 aromatic rings. The second kappa shape index (κ2) is 8.01. The smallest absolute Gasteiger partial charge is 0.340 e. The number of esters is 1. The third-order valence-corrected chi connectivity index (χ3v) is 4.40.